The van der Waals surface area contributed by atoms with Gasteiger partial charge in [0.1, 0.15) is 0 Å². The Morgan fingerprint density at radius 3 is 2.88 bits per heavy atom. The summed E-state index contributed by atoms with van der Waals surface area (Å²) in [6.45, 7) is 4.52. The van der Waals surface area contributed by atoms with Gasteiger partial charge in [-0.05, 0) is 63.0 Å². The Morgan fingerprint density at radius 2 is 2.12 bits per heavy atom. The highest BCUT2D eigenvalue weighted by atomic mass is 16.2. The molecule has 5 nitrogen and oxygen atoms in total. The Hall–Kier alpha value is -2.27. The fourth-order valence-corrected chi connectivity index (χ4v) is 3.28. The average molecular weight is 338 g/mol. The summed E-state index contributed by atoms with van der Waals surface area (Å²) >= 11 is 0. The summed E-state index contributed by atoms with van der Waals surface area (Å²) in [5.74, 6) is 0.156. The summed E-state index contributed by atoms with van der Waals surface area (Å²) in [5, 5.41) is 3.43. The first-order valence-electron chi connectivity index (χ1n) is 9.04. The van der Waals surface area contributed by atoms with Gasteiger partial charge >= 0.3 is 0 Å². The molecule has 3 heterocycles. The summed E-state index contributed by atoms with van der Waals surface area (Å²) < 4.78 is 0. The molecular weight excluding hydrogens is 312 g/mol. The topological polar surface area (TPSA) is 58.1 Å². The molecule has 1 atom stereocenters. The smallest absolute Gasteiger partial charge is 0.227 e. The van der Waals surface area contributed by atoms with Crippen LogP contribution >= 0.6 is 0 Å². The number of aryl methyl sites for hydroxylation is 1. The molecule has 0 saturated carbocycles. The van der Waals surface area contributed by atoms with E-state index in [1.165, 1.54) is 0 Å². The zero-order valence-corrected chi connectivity index (χ0v) is 14.8. The standard InChI is InChI=1S/C20H26N4O/c1-16-7-8-17(14-23-16)13-20(25)24(15-18-5-2-3-11-22-18)19-6-4-10-21-12-9-19/h2-3,5,7-8,11,14,19,21H,4,6,9-10,12-13,15H2,1H3. The van der Waals surface area contributed by atoms with Crippen molar-refractivity contribution in [1.29, 1.82) is 0 Å². The highest BCUT2D eigenvalue weighted by Gasteiger charge is 2.25. The van der Waals surface area contributed by atoms with Crippen LogP contribution in [-0.4, -0.2) is 39.9 Å². The van der Waals surface area contributed by atoms with Gasteiger partial charge in [0.25, 0.3) is 0 Å². The van der Waals surface area contributed by atoms with Crippen molar-refractivity contribution < 1.29 is 4.79 Å². The van der Waals surface area contributed by atoms with Crippen molar-refractivity contribution in [2.75, 3.05) is 13.1 Å². The molecule has 1 unspecified atom stereocenters. The van der Waals surface area contributed by atoms with Gasteiger partial charge in [0, 0.05) is 24.1 Å². The van der Waals surface area contributed by atoms with Crippen LogP contribution in [0, 0.1) is 6.92 Å². The second kappa shape index (κ2) is 8.72. The van der Waals surface area contributed by atoms with E-state index < -0.39 is 0 Å². The molecule has 1 saturated heterocycles. The first-order valence-corrected chi connectivity index (χ1v) is 9.04. The van der Waals surface area contributed by atoms with E-state index in [0.29, 0.717) is 13.0 Å². The van der Waals surface area contributed by atoms with Gasteiger partial charge < -0.3 is 10.2 Å². The summed E-state index contributed by atoms with van der Waals surface area (Å²) in [5.41, 5.74) is 2.87. The molecule has 0 spiro atoms. The molecule has 2 aromatic heterocycles. The predicted octanol–water partition coefficient (Wildman–Crippen LogP) is 2.50. The third kappa shape index (κ3) is 5.10. The van der Waals surface area contributed by atoms with Crippen LogP contribution in [0.25, 0.3) is 0 Å². The second-order valence-corrected chi connectivity index (χ2v) is 6.66. The van der Waals surface area contributed by atoms with Crippen LogP contribution in [0.2, 0.25) is 0 Å². The van der Waals surface area contributed by atoms with Gasteiger partial charge in [-0.3, -0.25) is 14.8 Å². The lowest BCUT2D eigenvalue weighted by Gasteiger charge is -2.31. The highest BCUT2D eigenvalue weighted by molar-refractivity contribution is 5.79. The summed E-state index contributed by atoms with van der Waals surface area (Å²) in [6.07, 6.45) is 7.12. The molecule has 1 amide bonds. The van der Waals surface area contributed by atoms with E-state index in [9.17, 15) is 4.79 Å². The van der Waals surface area contributed by atoms with Crippen LogP contribution in [0.4, 0.5) is 0 Å². The summed E-state index contributed by atoms with van der Waals surface area (Å²) in [4.78, 5) is 23.8. The molecule has 0 aromatic carbocycles. The zero-order valence-electron chi connectivity index (χ0n) is 14.8. The molecule has 1 N–H and O–H groups in total. The maximum atomic E-state index is 13.1. The number of aromatic nitrogens is 2. The van der Waals surface area contributed by atoms with Crippen molar-refractivity contribution in [3.8, 4) is 0 Å². The Kier molecular flexibility index (Phi) is 6.12. The number of nitrogens with one attached hydrogen (secondary N) is 1. The Bertz CT molecular complexity index is 664. The van der Waals surface area contributed by atoms with Gasteiger partial charge in [0.2, 0.25) is 5.91 Å². The van der Waals surface area contributed by atoms with Crippen molar-refractivity contribution in [2.24, 2.45) is 0 Å². The molecule has 0 bridgehead atoms. The van der Waals surface area contributed by atoms with Crippen LogP contribution in [0.3, 0.4) is 0 Å². The van der Waals surface area contributed by atoms with Crippen molar-refractivity contribution in [1.82, 2.24) is 20.2 Å². The SMILES string of the molecule is Cc1ccc(CC(=O)N(Cc2ccccn2)C2CCCNCC2)cn1. The Morgan fingerprint density at radius 1 is 1.20 bits per heavy atom. The van der Waals surface area contributed by atoms with Gasteiger partial charge in [-0.25, -0.2) is 0 Å². The number of amides is 1. The van der Waals surface area contributed by atoms with Crippen molar-refractivity contribution in [2.45, 2.75) is 45.2 Å². The molecule has 1 aliphatic heterocycles. The van der Waals surface area contributed by atoms with Gasteiger partial charge in [-0.1, -0.05) is 12.1 Å². The molecular formula is C20H26N4O. The minimum absolute atomic E-state index is 0.156. The maximum absolute atomic E-state index is 13.1. The van der Waals surface area contributed by atoms with Crippen molar-refractivity contribution >= 4 is 5.91 Å². The number of pyridine rings is 2. The number of carbonyl (C=O) groups is 1. The van der Waals surface area contributed by atoms with Crippen LogP contribution in [0.1, 0.15) is 36.2 Å². The van der Waals surface area contributed by atoms with E-state index in [4.69, 9.17) is 0 Å². The number of hydrogen-bond donors (Lipinski definition) is 1. The Balaban J connectivity index is 1.76. The minimum Gasteiger partial charge on any atom is -0.333 e. The molecule has 1 fully saturated rings. The fraction of sp³-hybridized carbons (Fsp3) is 0.450. The van der Waals surface area contributed by atoms with E-state index >= 15 is 0 Å². The molecule has 2 aromatic rings. The van der Waals surface area contributed by atoms with Crippen molar-refractivity contribution in [3.05, 3.63) is 59.7 Å². The molecule has 3 rings (SSSR count). The monoisotopic (exact) mass is 338 g/mol. The van der Waals surface area contributed by atoms with E-state index in [-0.39, 0.29) is 11.9 Å². The van der Waals surface area contributed by atoms with Gasteiger partial charge in [-0.2, -0.15) is 0 Å². The molecule has 0 aliphatic carbocycles. The van der Waals surface area contributed by atoms with Crippen LogP contribution < -0.4 is 5.32 Å². The Labute approximate surface area is 149 Å². The third-order valence-electron chi connectivity index (χ3n) is 4.69. The quantitative estimate of drug-likeness (QED) is 0.910. The largest absolute Gasteiger partial charge is 0.333 e. The molecule has 132 valence electrons. The van der Waals surface area contributed by atoms with Crippen LogP contribution in [0.15, 0.2) is 42.7 Å². The average Bonchev–Trinajstić information content (AvgIpc) is 2.92. The molecule has 0 radical (unpaired) electrons. The van der Waals surface area contributed by atoms with Gasteiger partial charge in [-0.15, -0.1) is 0 Å². The van der Waals surface area contributed by atoms with E-state index in [0.717, 1.165) is 49.3 Å². The van der Waals surface area contributed by atoms with Crippen LogP contribution in [0.5, 0.6) is 0 Å². The van der Waals surface area contributed by atoms with Crippen molar-refractivity contribution in [3.63, 3.8) is 0 Å². The van der Waals surface area contributed by atoms with E-state index in [2.05, 4.69) is 15.3 Å². The van der Waals surface area contributed by atoms with Gasteiger partial charge in [0.05, 0.1) is 18.7 Å². The third-order valence-corrected chi connectivity index (χ3v) is 4.69. The first kappa shape index (κ1) is 17.5. The lowest BCUT2D eigenvalue weighted by Crippen LogP contribution is -2.41. The van der Waals surface area contributed by atoms with Crippen LogP contribution in [-0.2, 0) is 17.8 Å². The molecule has 5 heteroatoms. The minimum atomic E-state index is 0.156. The lowest BCUT2D eigenvalue weighted by molar-refractivity contribution is -0.133. The maximum Gasteiger partial charge on any atom is 0.227 e. The number of rotatable bonds is 5. The first-order chi connectivity index (χ1) is 12.2. The summed E-state index contributed by atoms with van der Waals surface area (Å²) in [7, 11) is 0. The molecule has 1 aliphatic rings. The van der Waals surface area contributed by atoms with E-state index in [1.54, 1.807) is 12.4 Å². The predicted molar refractivity (Wildman–Crippen MR) is 98.0 cm³/mol. The fourth-order valence-electron chi connectivity index (χ4n) is 3.28. The highest BCUT2D eigenvalue weighted by Crippen LogP contribution is 2.18. The zero-order chi connectivity index (χ0) is 17.5. The van der Waals surface area contributed by atoms with Gasteiger partial charge in [0.15, 0.2) is 0 Å². The van der Waals surface area contributed by atoms with E-state index in [1.807, 2.05) is 42.2 Å². The lowest BCUT2D eigenvalue weighted by atomic mass is 10.0. The second-order valence-electron chi connectivity index (χ2n) is 6.66. The number of hydrogen-bond acceptors (Lipinski definition) is 4. The number of carbonyl (C=O) groups excluding carboxylic acids is 1. The summed E-state index contributed by atoms with van der Waals surface area (Å²) in [6, 6.07) is 10.1. The number of nitrogens with zero attached hydrogens (tertiary/aromatic N) is 3. The normalized spacial score (nSPS) is 17.7. The molecule has 25 heavy (non-hydrogen) atoms.